The van der Waals surface area contributed by atoms with Crippen LogP contribution in [-0.2, 0) is 6.42 Å². The second-order valence-electron chi connectivity index (χ2n) is 4.10. The van der Waals surface area contributed by atoms with Crippen LogP contribution in [0.25, 0.3) is 0 Å². The number of benzene rings is 1. The van der Waals surface area contributed by atoms with Crippen LogP contribution in [0.15, 0.2) is 23.6 Å². The van der Waals surface area contributed by atoms with Gasteiger partial charge in [-0.3, -0.25) is 0 Å². The molecular weight excluding hydrogens is 230 g/mol. The number of aromatic nitrogens is 1. The maximum Gasteiger partial charge on any atom is 0.0945 e. The molecule has 0 unspecified atom stereocenters. The molecular formula is C13H17N3S. The summed E-state index contributed by atoms with van der Waals surface area (Å²) in [5.41, 5.74) is 10.1. The van der Waals surface area contributed by atoms with Gasteiger partial charge in [0.05, 0.1) is 16.4 Å². The van der Waals surface area contributed by atoms with Crippen LogP contribution >= 0.6 is 11.3 Å². The van der Waals surface area contributed by atoms with Gasteiger partial charge >= 0.3 is 0 Å². The highest BCUT2D eigenvalue weighted by molar-refractivity contribution is 7.09. The van der Waals surface area contributed by atoms with Gasteiger partial charge in [0, 0.05) is 24.0 Å². The quantitative estimate of drug-likeness (QED) is 0.817. The number of nitrogens with one attached hydrogen (secondary N) is 1. The van der Waals surface area contributed by atoms with E-state index in [0.29, 0.717) is 0 Å². The standard InChI is InChI=1S/C13H17N3S/c1-9-4-3-5-11(14)13(9)15-7-6-12-16-10(2)8-17-12/h3-5,8,15H,6-7,14H2,1-2H3. The molecule has 0 saturated carbocycles. The van der Waals surface area contributed by atoms with Crippen molar-refractivity contribution in [2.45, 2.75) is 20.3 Å². The molecule has 1 aromatic carbocycles. The first kappa shape index (κ1) is 11.9. The summed E-state index contributed by atoms with van der Waals surface area (Å²) in [6.45, 7) is 4.95. The minimum absolute atomic E-state index is 0.806. The minimum atomic E-state index is 0.806. The Morgan fingerprint density at radius 2 is 2.18 bits per heavy atom. The lowest BCUT2D eigenvalue weighted by atomic mass is 10.1. The molecule has 3 N–H and O–H groups in total. The fourth-order valence-corrected chi connectivity index (χ4v) is 2.52. The highest BCUT2D eigenvalue weighted by Gasteiger charge is 2.03. The minimum Gasteiger partial charge on any atom is -0.397 e. The molecule has 2 aromatic rings. The lowest BCUT2D eigenvalue weighted by molar-refractivity contribution is 0.985. The van der Waals surface area contributed by atoms with Crippen molar-refractivity contribution < 1.29 is 0 Å². The number of aryl methyl sites for hydroxylation is 2. The van der Waals surface area contributed by atoms with Crippen molar-refractivity contribution in [1.29, 1.82) is 0 Å². The largest absolute Gasteiger partial charge is 0.397 e. The SMILES string of the molecule is Cc1csc(CCNc2c(C)cccc2N)n1. The van der Waals surface area contributed by atoms with Crippen LogP contribution in [-0.4, -0.2) is 11.5 Å². The van der Waals surface area contributed by atoms with Gasteiger partial charge in [-0.2, -0.15) is 0 Å². The number of thiazole rings is 1. The van der Waals surface area contributed by atoms with Crippen LogP contribution < -0.4 is 11.1 Å². The summed E-state index contributed by atoms with van der Waals surface area (Å²) < 4.78 is 0. The molecule has 1 heterocycles. The summed E-state index contributed by atoms with van der Waals surface area (Å²) in [5, 5.41) is 6.63. The molecule has 2 rings (SSSR count). The fourth-order valence-electron chi connectivity index (χ4n) is 1.74. The predicted molar refractivity (Wildman–Crippen MR) is 74.6 cm³/mol. The maximum absolute atomic E-state index is 5.93. The van der Waals surface area contributed by atoms with Gasteiger partial charge in [-0.25, -0.2) is 4.98 Å². The molecule has 0 saturated heterocycles. The van der Waals surface area contributed by atoms with E-state index in [4.69, 9.17) is 5.73 Å². The van der Waals surface area contributed by atoms with E-state index < -0.39 is 0 Å². The van der Waals surface area contributed by atoms with E-state index in [1.165, 1.54) is 10.6 Å². The monoisotopic (exact) mass is 247 g/mol. The number of nitrogens with zero attached hydrogens (tertiary/aromatic N) is 1. The van der Waals surface area contributed by atoms with Crippen molar-refractivity contribution in [3.05, 3.63) is 39.8 Å². The highest BCUT2D eigenvalue weighted by atomic mass is 32.1. The molecule has 1 aromatic heterocycles. The predicted octanol–water partition coefficient (Wildman–Crippen LogP) is 3.00. The summed E-state index contributed by atoms with van der Waals surface area (Å²) >= 11 is 1.71. The molecule has 0 bridgehead atoms. The lowest BCUT2D eigenvalue weighted by Crippen LogP contribution is -2.08. The fraction of sp³-hybridized carbons (Fsp3) is 0.308. The third kappa shape index (κ3) is 2.97. The smallest absolute Gasteiger partial charge is 0.0945 e. The van der Waals surface area contributed by atoms with Gasteiger partial charge in [0.2, 0.25) is 0 Å². The first-order valence-electron chi connectivity index (χ1n) is 5.67. The number of hydrogen-bond acceptors (Lipinski definition) is 4. The lowest BCUT2D eigenvalue weighted by Gasteiger charge is -2.11. The molecule has 0 atom stereocenters. The van der Waals surface area contributed by atoms with E-state index in [0.717, 1.165) is 30.0 Å². The Hall–Kier alpha value is -1.55. The topological polar surface area (TPSA) is 50.9 Å². The van der Waals surface area contributed by atoms with Crippen molar-refractivity contribution in [2.24, 2.45) is 0 Å². The normalized spacial score (nSPS) is 10.5. The van der Waals surface area contributed by atoms with E-state index >= 15 is 0 Å². The van der Waals surface area contributed by atoms with Crippen LogP contribution in [0.1, 0.15) is 16.3 Å². The van der Waals surface area contributed by atoms with Crippen LogP contribution in [0.3, 0.4) is 0 Å². The van der Waals surface area contributed by atoms with E-state index in [2.05, 4.69) is 28.7 Å². The number of rotatable bonds is 4. The first-order valence-corrected chi connectivity index (χ1v) is 6.55. The molecule has 0 aliphatic carbocycles. The van der Waals surface area contributed by atoms with Gasteiger partial charge in [-0.1, -0.05) is 12.1 Å². The van der Waals surface area contributed by atoms with Crippen molar-refractivity contribution >= 4 is 22.7 Å². The van der Waals surface area contributed by atoms with Crippen LogP contribution in [0.2, 0.25) is 0 Å². The van der Waals surface area contributed by atoms with E-state index in [1.54, 1.807) is 11.3 Å². The van der Waals surface area contributed by atoms with E-state index in [9.17, 15) is 0 Å². The average Bonchev–Trinajstić information content (AvgIpc) is 2.69. The summed E-state index contributed by atoms with van der Waals surface area (Å²) in [7, 11) is 0. The molecule has 90 valence electrons. The van der Waals surface area contributed by atoms with E-state index in [1.807, 2.05) is 19.1 Å². The Morgan fingerprint density at radius 1 is 1.35 bits per heavy atom. The van der Waals surface area contributed by atoms with Gasteiger partial charge in [-0.05, 0) is 25.5 Å². The Bertz CT molecular complexity index is 485. The van der Waals surface area contributed by atoms with Crippen LogP contribution in [0.4, 0.5) is 11.4 Å². The van der Waals surface area contributed by atoms with Gasteiger partial charge in [0.15, 0.2) is 0 Å². The number of hydrogen-bond donors (Lipinski definition) is 2. The Morgan fingerprint density at radius 3 is 2.82 bits per heavy atom. The van der Waals surface area contributed by atoms with Crippen molar-refractivity contribution in [3.63, 3.8) is 0 Å². The zero-order valence-electron chi connectivity index (χ0n) is 10.2. The number of nitrogens with two attached hydrogens (primary N) is 1. The van der Waals surface area contributed by atoms with Crippen LogP contribution in [0, 0.1) is 13.8 Å². The van der Waals surface area contributed by atoms with Crippen molar-refractivity contribution in [2.75, 3.05) is 17.6 Å². The Labute approximate surface area is 106 Å². The van der Waals surface area contributed by atoms with Crippen molar-refractivity contribution in [1.82, 2.24) is 4.98 Å². The third-order valence-corrected chi connectivity index (χ3v) is 3.64. The van der Waals surface area contributed by atoms with Crippen molar-refractivity contribution in [3.8, 4) is 0 Å². The Kier molecular flexibility index (Phi) is 3.64. The molecule has 17 heavy (non-hydrogen) atoms. The molecule has 0 amide bonds. The molecule has 0 radical (unpaired) electrons. The molecule has 0 aliphatic heterocycles. The summed E-state index contributed by atoms with van der Waals surface area (Å²) in [4.78, 5) is 4.43. The molecule has 4 heteroatoms. The Balaban J connectivity index is 1.94. The molecule has 0 spiro atoms. The first-order chi connectivity index (χ1) is 8.16. The molecule has 3 nitrogen and oxygen atoms in total. The third-order valence-electron chi connectivity index (χ3n) is 2.61. The second-order valence-corrected chi connectivity index (χ2v) is 5.04. The molecule has 0 aliphatic rings. The summed E-state index contributed by atoms with van der Waals surface area (Å²) in [6, 6.07) is 5.95. The average molecular weight is 247 g/mol. The number of para-hydroxylation sites is 1. The zero-order chi connectivity index (χ0) is 12.3. The van der Waals surface area contributed by atoms with Crippen LogP contribution in [0.5, 0.6) is 0 Å². The van der Waals surface area contributed by atoms with Gasteiger partial charge in [0.25, 0.3) is 0 Å². The van der Waals surface area contributed by atoms with Gasteiger partial charge < -0.3 is 11.1 Å². The van der Waals surface area contributed by atoms with E-state index in [-0.39, 0.29) is 0 Å². The van der Waals surface area contributed by atoms with Gasteiger partial charge in [-0.15, -0.1) is 11.3 Å². The van der Waals surface area contributed by atoms with Gasteiger partial charge in [0.1, 0.15) is 0 Å². The zero-order valence-corrected chi connectivity index (χ0v) is 11.0. The number of anilines is 2. The summed E-state index contributed by atoms with van der Waals surface area (Å²) in [6.07, 6.45) is 0.937. The highest BCUT2D eigenvalue weighted by Crippen LogP contribution is 2.22. The number of nitrogen functional groups attached to an aromatic ring is 1. The second kappa shape index (κ2) is 5.19. The summed E-state index contributed by atoms with van der Waals surface area (Å²) in [5.74, 6) is 0. The maximum atomic E-state index is 5.93. The molecule has 0 fully saturated rings.